The van der Waals surface area contributed by atoms with Crippen LogP contribution in [0.25, 0.3) is 10.6 Å². The van der Waals surface area contributed by atoms with Gasteiger partial charge in [0.25, 0.3) is 11.8 Å². The first kappa shape index (κ1) is 19.7. The van der Waals surface area contributed by atoms with Gasteiger partial charge in [0.05, 0.1) is 4.88 Å². The van der Waals surface area contributed by atoms with Gasteiger partial charge in [-0.15, -0.1) is 22.7 Å². The number of carbonyl (C=O) groups is 2. The molecule has 1 fully saturated rings. The Labute approximate surface area is 175 Å². The lowest BCUT2D eigenvalue weighted by Gasteiger charge is -2.26. The van der Waals surface area contributed by atoms with Crippen LogP contribution in [0, 0.1) is 0 Å². The summed E-state index contributed by atoms with van der Waals surface area (Å²) in [6.07, 6.45) is 5.08. The number of amides is 2. The SMILES string of the molecule is CS(=O)(=O)c1ccc(C(=O)N2CCCN2C(=O)c2csc(-c3cccnc3)n2)s1. The molecule has 4 heterocycles. The Morgan fingerprint density at radius 1 is 1.10 bits per heavy atom. The van der Waals surface area contributed by atoms with Crippen molar-refractivity contribution in [1.82, 2.24) is 20.0 Å². The van der Waals surface area contributed by atoms with Crippen molar-refractivity contribution in [3.8, 4) is 10.6 Å². The molecule has 0 radical (unpaired) electrons. The maximum Gasteiger partial charge on any atom is 0.291 e. The lowest BCUT2D eigenvalue weighted by atomic mass is 10.3. The molecule has 0 spiro atoms. The standard InChI is InChI=1S/C18H16N4O4S3/c1-29(25,26)15-6-5-14(28-15)18(24)22-9-3-8-21(22)17(23)13-11-27-16(20-13)12-4-2-7-19-10-12/h2,4-7,10-11H,3,8-9H2,1H3. The van der Waals surface area contributed by atoms with Crippen molar-refractivity contribution in [2.24, 2.45) is 0 Å². The molecule has 2 amide bonds. The van der Waals surface area contributed by atoms with Crippen molar-refractivity contribution >= 4 is 44.3 Å². The van der Waals surface area contributed by atoms with Crippen LogP contribution < -0.4 is 0 Å². The number of nitrogens with zero attached hydrogens (tertiary/aromatic N) is 4. The molecule has 11 heteroatoms. The molecule has 3 aromatic heterocycles. The number of thiophene rings is 1. The molecule has 1 aliphatic rings. The Kier molecular flexibility index (Phi) is 5.19. The molecule has 29 heavy (non-hydrogen) atoms. The zero-order chi connectivity index (χ0) is 20.6. The fraction of sp³-hybridized carbons (Fsp3) is 0.222. The summed E-state index contributed by atoms with van der Waals surface area (Å²) in [7, 11) is -3.38. The van der Waals surface area contributed by atoms with E-state index in [1.807, 2.05) is 6.07 Å². The normalized spacial score (nSPS) is 14.4. The fourth-order valence-electron chi connectivity index (χ4n) is 2.92. The third kappa shape index (κ3) is 3.93. The van der Waals surface area contributed by atoms with Crippen molar-refractivity contribution in [2.75, 3.05) is 19.3 Å². The second kappa shape index (κ2) is 7.65. The van der Waals surface area contributed by atoms with Crippen LogP contribution in [0.1, 0.15) is 26.6 Å². The molecule has 8 nitrogen and oxygen atoms in total. The predicted molar refractivity (Wildman–Crippen MR) is 109 cm³/mol. The molecule has 0 unspecified atom stereocenters. The summed E-state index contributed by atoms with van der Waals surface area (Å²) in [6.45, 7) is 0.783. The summed E-state index contributed by atoms with van der Waals surface area (Å²) in [5.74, 6) is -0.749. The summed E-state index contributed by atoms with van der Waals surface area (Å²) in [4.78, 5) is 34.6. The van der Waals surface area contributed by atoms with Gasteiger partial charge in [0.2, 0.25) is 0 Å². The maximum absolute atomic E-state index is 13.0. The molecule has 4 rings (SSSR count). The van der Waals surface area contributed by atoms with Crippen LogP contribution in [0.2, 0.25) is 0 Å². The second-order valence-electron chi connectivity index (χ2n) is 6.38. The Morgan fingerprint density at radius 2 is 1.86 bits per heavy atom. The number of hydrazine groups is 1. The van der Waals surface area contributed by atoms with Gasteiger partial charge in [0.1, 0.15) is 14.9 Å². The van der Waals surface area contributed by atoms with Gasteiger partial charge in [-0.25, -0.2) is 23.4 Å². The molecule has 150 valence electrons. The van der Waals surface area contributed by atoms with E-state index in [2.05, 4.69) is 9.97 Å². The van der Waals surface area contributed by atoms with E-state index in [4.69, 9.17) is 0 Å². The minimum atomic E-state index is -3.38. The lowest BCUT2D eigenvalue weighted by Crippen LogP contribution is -2.44. The van der Waals surface area contributed by atoms with Gasteiger partial charge in [-0.3, -0.25) is 14.6 Å². The molecule has 0 bridgehead atoms. The van der Waals surface area contributed by atoms with Crippen LogP contribution >= 0.6 is 22.7 Å². The number of hydrogen-bond acceptors (Lipinski definition) is 8. The van der Waals surface area contributed by atoms with Crippen molar-refractivity contribution in [2.45, 2.75) is 10.6 Å². The Hall–Kier alpha value is -2.63. The third-order valence-corrected chi connectivity index (χ3v) is 8.07. The predicted octanol–water partition coefficient (Wildman–Crippen LogP) is 2.57. The first-order valence-electron chi connectivity index (χ1n) is 8.64. The van der Waals surface area contributed by atoms with E-state index < -0.39 is 15.7 Å². The number of aromatic nitrogens is 2. The van der Waals surface area contributed by atoms with Crippen LogP contribution in [-0.4, -0.2) is 59.6 Å². The first-order chi connectivity index (χ1) is 13.8. The van der Waals surface area contributed by atoms with Crippen LogP contribution in [-0.2, 0) is 9.84 Å². The number of hydrogen-bond donors (Lipinski definition) is 0. The van der Waals surface area contributed by atoms with E-state index in [0.717, 1.165) is 23.2 Å². The smallest absolute Gasteiger partial charge is 0.266 e. The Morgan fingerprint density at radius 3 is 2.52 bits per heavy atom. The molecule has 0 saturated carbocycles. The van der Waals surface area contributed by atoms with Gasteiger partial charge < -0.3 is 0 Å². The van der Waals surface area contributed by atoms with Gasteiger partial charge in [-0.1, -0.05) is 0 Å². The Balaban J connectivity index is 1.55. The summed E-state index contributed by atoms with van der Waals surface area (Å²) in [5.41, 5.74) is 1.08. The van der Waals surface area contributed by atoms with Crippen LogP contribution in [0.3, 0.4) is 0 Å². The molecule has 1 saturated heterocycles. The van der Waals surface area contributed by atoms with Gasteiger partial charge in [0, 0.05) is 42.7 Å². The maximum atomic E-state index is 13.0. The van der Waals surface area contributed by atoms with Gasteiger partial charge in [0.15, 0.2) is 9.84 Å². The molecule has 0 aliphatic carbocycles. The summed E-state index contributed by atoms with van der Waals surface area (Å²) < 4.78 is 23.5. The van der Waals surface area contributed by atoms with Crippen LogP contribution in [0.15, 0.2) is 46.2 Å². The van der Waals surface area contributed by atoms with Gasteiger partial charge in [-0.2, -0.15) is 0 Å². The van der Waals surface area contributed by atoms with E-state index in [9.17, 15) is 18.0 Å². The highest BCUT2D eigenvalue weighted by Gasteiger charge is 2.34. The van der Waals surface area contributed by atoms with Crippen molar-refractivity contribution in [1.29, 1.82) is 0 Å². The number of pyridine rings is 1. The van der Waals surface area contributed by atoms with Crippen LogP contribution in [0.5, 0.6) is 0 Å². The molecule has 0 aromatic carbocycles. The van der Waals surface area contributed by atoms with Crippen molar-refractivity contribution in [3.05, 3.63) is 52.6 Å². The topological polar surface area (TPSA) is 101 Å². The van der Waals surface area contributed by atoms with Crippen LogP contribution in [0.4, 0.5) is 0 Å². The highest BCUT2D eigenvalue weighted by atomic mass is 32.2. The van der Waals surface area contributed by atoms with E-state index in [1.165, 1.54) is 33.5 Å². The average Bonchev–Trinajstić information content (AvgIpc) is 3.47. The minimum Gasteiger partial charge on any atom is -0.266 e. The lowest BCUT2D eigenvalue weighted by molar-refractivity contribution is 0.0186. The van der Waals surface area contributed by atoms with E-state index >= 15 is 0 Å². The number of thiazole rings is 1. The third-order valence-electron chi connectivity index (χ3n) is 4.29. The highest BCUT2D eigenvalue weighted by Crippen LogP contribution is 2.27. The largest absolute Gasteiger partial charge is 0.291 e. The van der Waals surface area contributed by atoms with E-state index in [0.29, 0.717) is 24.5 Å². The zero-order valence-electron chi connectivity index (χ0n) is 15.3. The zero-order valence-corrected chi connectivity index (χ0v) is 17.8. The molecule has 0 atom stereocenters. The molecular weight excluding hydrogens is 432 g/mol. The van der Waals surface area contributed by atoms with E-state index in [1.54, 1.807) is 23.8 Å². The number of sulfone groups is 1. The van der Waals surface area contributed by atoms with Crippen molar-refractivity contribution < 1.29 is 18.0 Å². The fourth-order valence-corrected chi connectivity index (χ4v) is 5.58. The second-order valence-corrected chi connectivity index (χ2v) is 10.6. The summed E-state index contributed by atoms with van der Waals surface area (Å²) in [6, 6.07) is 6.55. The quantitative estimate of drug-likeness (QED) is 0.608. The molecule has 0 N–H and O–H groups in total. The molecular formula is C18H16N4O4S3. The minimum absolute atomic E-state index is 0.124. The highest BCUT2D eigenvalue weighted by molar-refractivity contribution is 7.92. The molecule has 3 aromatic rings. The first-order valence-corrected chi connectivity index (χ1v) is 12.2. The number of rotatable bonds is 4. The Bertz CT molecular complexity index is 1170. The summed E-state index contributed by atoms with van der Waals surface area (Å²) >= 11 is 2.24. The summed E-state index contributed by atoms with van der Waals surface area (Å²) in [5, 5.41) is 5.08. The van der Waals surface area contributed by atoms with E-state index in [-0.39, 0.29) is 20.7 Å². The monoisotopic (exact) mass is 448 g/mol. The van der Waals surface area contributed by atoms with Crippen molar-refractivity contribution in [3.63, 3.8) is 0 Å². The average molecular weight is 449 g/mol. The number of carbonyl (C=O) groups excluding carboxylic acids is 2. The van der Waals surface area contributed by atoms with Gasteiger partial charge in [-0.05, 0) is 30.7 Å². The molecule has 1 aliphatic heterocycles. The van der Waals surface area contributed by atoms with Gasteiger partial charge >= 0.3 is 0 Å².